The molecule has 0 aliphatic carbocycles. The summed E-state index contributed by atoms with van der Waals surface area (Å²) in [4.78, 5) is 0. The normalized spacial score (nSPS) is 0. The third-order valence-electron chi connectivity index (χ3n) is 0. The molecular weight excluding hydrogens is 312 g/mol. The van der Waals surface area contributed by atoms with Crippen molar-refractivity contribution in [1.82, 2.24) is 0 Å². The Balaban J connectivity index is 0. The smallest absolute Gasteiger partial charge is 1.00 e. The molecule has 4 heavy (non-hydrogen) atoms. The molecule has 0 heterocycles. The van der Waals surface area contributed by atoms with Crippen LogP contribution in [0.3, 0.4) is 0 Å². The fourth-order valence-electron chi connectivity index (χ4n) is 0. The number of rotatable bonds is 0. The van der Waals surface area contributed by atoms with Crippen molar-refractivity contribution in [3.05, 3.63) is 7.43 Å². The summed E-state index contributed by atoms with van der Waals surface area (Å²) in [6, 6.07) is 0. The average molecular weight is 315 g/mol. The summed E-state index contributed by atoms with van der Waals surface area (Å²) in [5, 5.41) is 0. The Kier molecular flexibility index (Phi) is 152. The molecule has 0 aromatic carbocycles. The fourth-order valence-corrected chi connectivity index (χ4v) is 0. The summed E-state index contributed by atoms with van der Waals surface area (Å²) in [5.74, 6) is 0. The molecule has 0 N–H and O–H groups in total. The minimum absolute atomic E-state index is 0. The van der Waals surface area contributed by atoms with E-state index < -0.39 is 0 Å². The minimum Gasteiger partial charge on any atom is -1.00 e. The van der Waals surface area contributed by atoms with Crippen LogP contribution in [0.5, 0.6) is 0 Å². The Bertz CT molecular complexity index is 6.00. The Hall–Kier alpha value is 2.34. The van der Waals surface area contributed by atoms with Gasteiger partial charge in [0.05, 0.1) is 0 Å². The quantitative estimate of drug-likeness (QED) is 0.391. The van der Waals surface area contributed by atoms with Gasteiger partial charge in [0.25, 0.3) is 0 Å². The van der Waals surface area contributed by atoms with Crippen LogP contribution in [0.4, 0.5) is 0 Å². The second-order valence-corrected chi connectivity index (χ2v) is 0. The summed E-state index contributed by atoms with van der Waals surface area (Å²) < 4.78 is 0. The first-order valence-corrected chi connectivity index (χ1v) is 0. The molecule has 0 saturated heterocycles. The molecule has 25 valence electrons. The summed E-state index contributed by atoms with van der Waals surface area (Å²) in [7, 11) is 0. The second kappa shape index (κ2) is 18.4. The molecule has 0 aromatic rings. The third kappa shape index (κ3) is 8.84. The first-order chi connectivity index (χ1) is 0. The zero-order chi connectivity index (χ0) is 0. The molecule has 0 fully saturated rings. The van der Waals surface area contributed by atoms with Crippen molar-refractivity contribution in [1.29, 1.82) is 0 Å². The van der Waals surface area contributed by atoms with Crippen LogP contribution >= 0.6 is 0 Å². The van der Waals surface area contributed by atoms with E-state index in [1.807, 2.05) is 0 Å². The maximum atomic E-state index is 0. The van der Waals surface area contributed by atoms with Crippen LogP contribution in [-0.2, 0) is 0 Å². The zero-order valence-electron chi connectivity index (χ0n) is 2.26. The molecule has 0 spiro atoms. The molecule has 0 rings (SSSR count). The summed E-state index contributed by atoms with van der Waals surface area (Å²) >= 11 is 0. The summed E-state index contributed by atoms with van der Waals surface area (Å²) in [6.07, 6.45) is 0. The summed E-state index contributed by atoms with van der Waals surface area (Å²) in [6.45, 7) is 0. The van der Waals surface area contributed by atoms with Crippen molar-refractivity contribution in [2.45, 2.75) is 0 Å². The van der Waals surface area contributed by atoms with Crippen LogP contribution in [0.25, 0.3) is 0 Å². The number of hydrogen-bond donors (Lipinski definition) is 0. The maximum absolute atomic E-state index is 0. The van der Waals surface area contributed by atoms with Crippen LogP contribution in [0.1, 0.15) is 0 Å². The van der Waals surface area contributed by atoms with Crippen molar-refractivity contribution in [2.24, 2.45) is 0 Å². The Morgan fingerprint density at radius 1 is 0.750 bits per heavy atom. The Morgan fingerprint density at radius 3 is 0.750 bits per heavy atom. The fraction of sp³-hybridized carbons (Fsp3) is 0. The van der Waals surface area contributed by atoms with Crippen molar-refractivity contribution >= 4 is 0 Å². The van der Waals surface area contributed by atoms with E-state index in [0.29, 0.717) is 0 Å². The molecule has 0 aliphatic heterocycles. The first kappa shape index (κ1) is 33.1. The standard InChI is InChI=1S/CH3.2BrH.Ce/h1H3;2*1H;/q-1;;;+3/p-2. The largest absolute Gasteiger partial charge is 3.00 e. The van der Waals surface area contributed by atoms with Crippen molar-refractivity contribution < 1.29 is 75.7 Å². The minimum atomic E-state index is 0. The van der Waals surface area contributed by atoms with Gasteiger partial charge >= 0.3 is 41.7 Å². The van der Waals surface area contributed by atoms with Gasteiger partial charge in [0.2, 0.25) is 0 Å². The SMILES string of the molecule is [Br-].[Br-].[CH3-].[Ce+3]. The van der Waals surface area contributed by atoms with E-state index >= 15 is 0 Å². The number of halogens is 2. The van der Waals surface area contributed by atoms with Gasteiger partial charge in [0.1, 0.15) is 0 Å². The second-order valence-electron chi connectivity index (χ2n) is 0. The number of hydrogen-bond acceptors (Lipinski definition) is 0. The van der Waals surface area contributed by atoms with Gasteiger partial charge in [0, 0.05) is 0 Å². The van der Waals surface area contributed by atoms with E-state index in [0.717, 1.165) is 0 Å². The van der Waals surface area contributed by atoms with Crippen molar-refractivity contribution in [3.8, 4) is 0 Å². The monoisotopic (exact) mass is 313 g/mol. The van der Waals surface area contributed by atoms with Gasteiger partial charge in [-0.25, -0.2) is 0 Å². The molecule has 0 nitrogen and oxygen atoms in total. The van der Waals surface area contributed by atoms with Gasteiger partial charge < -0.3 is 41.4 Å². The molecule has 0 unspecified atom stereocenters. The third-order valence-corrected chi connectivity index (χ3v) is 0. The van der Waals surface area contributed by atoms with Crippen molar-refractivity contribution in [2.75, 3.05) is 0 Å². The van der Waals surface area contributed by atoms with Gasteiger partial charge in [-0.15, -0.1) is 0 Å². The predicted octanol–water partition coefficient (Wildman–Crippen LogP) is -5.54. The van der Waals surface area contributed by atoms with Crippen molar-refractivity contribution in [3.63, 3.8) is 0 Å². The Morgan fingerprint density at radius 2 is 0.750 bits per heavy atom. The van der Waals surface area contributed by atoms with Crippen LogP contribution in [0.15, 0.2) is 0 Å². The zero-order valence-corrected chi connectivity index (χ0v) is 8.57. The molecule has 3 heteroatoms. The van der Waals surface area contributed by atoms with Gasteiger partial charge in [0.15, 0.2) is 0 Å². The van der Waals surface area contributed by atoms with E-state index in [9.17, 15) is 0 Å². The van der Waals surface area contributed by atoms with Gasteiger partial charge in [-0.1, -0.05) is 0 Å². The summed E-state index contributed by atoms with van der Waals surface area (Å²) in [5.41, 5.74) is 0. The van der Waals surface area contributed by atoms with E-state index in [2.05, 4.69) is 0 Å². The molecule has 0 aliphatic rings. The maximum Gasteiger partial charge on any atom is 3.00 e. The van der Waals surface area contributed by atoms with Crippen LogP contribution < -0.4 is 34.0 Å². The molecule has 0 saturated carbocycles. The van der Waals surface area contributed by atoms with Crippen LogP contribution in [-0.4, -0.2) is 0 Å². The molecule has 0 atom stereocenters. The van der Waals surface area contributed by atoms with E-state index in [1.54, 1.807) is 0 Å². The van der Waals surface area contributed by atoms with E-state index in [1.165, 1.54) is 0 Å². The Labute approximate surface area is 81.6 Å². The van der Waals surface area contributed by atoms with Crippen LogP contribution in [0.2, 0.25) is 0 Å². The first-order valence-electron chi connectivity index (χ1n) is 0. The van der Waals surface area contributed by atoms with Gasteiger partial charge in [-0.05, 0) is 0 Å². The molecule has 0 aromatic heterocycles. The predicted molar refractivity (Wildman–Crippen MR) is 6.41 cm³/mol. The van der Waals surface area contributed by atoms with Gasteiger partial charge in [-0.2, -0.15) is 0 Å². The molecular formula is CH3Br2Ce. The molecule has 1 radical (unpaired) electrons. The van der Waals surface area contributed by atoms with Gasteiger partial charge in [-0.3, -0.25) is 0 Å². The molecule has 0 bridgehead atoms. The van der Waals surface area contributed by atoms with E-state index in [4.69, 9.17) is 0 Å². The topological polar surface area (TPSA) is 0 Å². The van der Waals surface area contributed by atoms with Crippen LogP contribution in [0, 0.1) is 49.2 Å². The van der Waals surface area contributed by atoms with E-state index in [-0.39, 0.29) is 83.1 Å². The molecule has 0 amide bonds. The average Bonchev–Trinajstić information content (AvgIpc) is 0.